The van der Waals surface area contributed by atoms with Crippen LogP contribution in [0.3, 0.4) is 0 Å². The number of thioether (sulfide) groups is 1. The summed E-state index contributed by atoms with van der Waals surface area (Å²) in [5, 5.41) is 3.90. The van der Waals surface area contributed by atoms with Crippen LogP contribution in [-0.2, 0) is 0 Å². The van der Waals surface area contributed by atoms with Crippen molar-refractivity contribution in [2.24, 2.45) is 5.92 Å². The molecule has 0 bridgehead atoms. The van der Waals surface area contributed by atoms with Gasteiger partial charge in [-0.1, -0.05) is 19.8 Å². The molecule has 3 heteroatoms. The first kappa shape index (κ1) is 14.2. The zero-order valence-corrected chi connectivity index (χ0v) is 13.3. The minimum Gasteiger partial charge on any atom is -0.311 e. The van der Waals surface area contributed by atoms with Gasteiger partial charge in [-0.05, 0) is 56.1 Å². The third-order valence-corrected chi connectivity index (χ3v) is 6.41. The summed E-state index contributed by atoms with van der Waals surface area (Å²) in [7, 11) is 0. The lowest BCUT2D eigenvalue weighted by atomic mass is 9.89. The minimum atomic E-state index is 0.544. The Hall–Kier alpha value is 0.270. The van der Waals surface area contributed by atoms with E-state index in [-0.39, 0.29) is 0 Å². The maximum atomic E-state index is 3.90. The number of rotatable bonds is 6. The molecule has 1 aliphatic heterocycles. The topological polar surface area (TPSA) is 15.3 Å². The number of hydrogen-bond donors (Lipinski definition) is 1. The smallest absolute Gasteiger partial charge is 0.0334 e. The van der Waals surface area contributed by atoms with Crippen molar-refractivity contribution >= 4 is 11.8 Å². The largest absolute Gasteiger partial charge is 0.311 e. The second-order valence-corrected chi connectivity index (χ2v) is 8.15. The molecule has 19 heavy (non-hydrogen) atoms. The van der Waals surface area contributed by atoms with Crippen molar-refractivity contribution in [3.8, 4) is 0 Å². The van der Waals surface area contributed by atoms with E-state index in [0.29, 0.717) is 5.54 Å². The predicted octanol–water partition coefficient (Wildman–Crippen LogP) is 3.13. The van der Waals surface area contributed by atoms with Gasteiger partial charge >= 0.3 is 0 Å². The Morgan fingerprint density at radius 1 is 1.26 bits per heavy atom. The predicted molar refractivity (Wildman–Crippen MR) is 84.9 cm³/mol. The molecular formula is C16H30N2S. The number of nitrogens with zero attached hydrogens (tertiary/aromatic N) is 1. The Morgan fingerprint density at radius 3 is 2.74 bits per heavy atom. The van der Waals surface area contributed by atoms with E-state index in [1.54, 1.807) is 0 Å². The first-order valence-corrected chi connectivity index (χ1v) is 9.56. The monoisotopic (exact) mass is 282 g/mol. The van der Waals surface area contributed by atoms with Crippen molar-refractivity contribution in [2.45, 2.75) is 63.5 Å². The molecule has 0 aromatic carbocycles. The molecule has 1 heterocycles. The third-order valence-electron chi connectivity index (χ3n) is 5.43. The lowest BCUT2D eigenvalue weighted by Crippen LogP contribution is -2.64. The highest BCUT2D eigenvalue weighted by Crippen LogP contribution is 2.41. The summed E-state index contributed by atoms with van der Waals surface area (Å²) in [5.74, 6) is 3.63. The van der Waals surface area contributed by atoms with Crippen molar-refractivity contribution in [3.05, 3.63) is 0 Å². The molecule has 1 N–H and O–H groups in total. The van der Waals surface area contributed by atoms with Gasteiger partial charge in [-0.3, -0.25) is 4.90 Å². The van der Waals surface area contributed by atoms with Crippen LogP contribution < -0.4 is 5.32 Å². The second kappa shape index (κ2) is 6.36. The van der Waals surface area contributed by atoms with Crippen LogP contribution in [0.5, 0.6) is 0 Å². The van der Waals surface area contributed by atoms with Crippen molar-refractivity contribution in [1.29, 1.82) is 0 Å². The number of piperazine rings is 1. The first-order chi connectivity index (χ1) is 9.34. The van der Waals surface area contributed by atoms with E-state index in [1.807, 2.05) is 0 Å². The molecule has 1 atom stereocenters. The van der Waals surface area contributed by atoms with E-state index in [2.05, 4.69) is 28.9 Å². The highest BCUT2D eigenvalue weighted by molar-refractivity contribution is 7.99. The lowest BCUT2D eigenvalue weighted by Gasteiger charge is -2.48. The zero-order valence-electron chi connectivity index (χ0n) is 12.5. The molecule has 1 saturated heterocycles. The normalized spacial score (nSPS) is 31.1. The van der Waals surface area contributed by atoms with E-state index < -0.39 is 0 Å². The van der Waals surface area contributed by atoms with Crippen LogP contribution >= 0.6 is 11.8 Å². The molecule has 2 aliphatic carbocycles. The third kappa shape index (κ3) is 3.30. The molecule has 0 amide bonds. The van der Waals surface area contributed by atoms with Gasteiger partial charge in [-0.25, -0.2) is 0 Å². The maximum absolute atomic E-state index is 3.90. The SMILES string of the molecule is CCSCCCN1CC(C2CC2)NCC12CCCC2. The van der Waals surface area contributed by atoms with Crippen LogP contribution in [0.15, 0.2) is 0 Å². The van der Waals surface area contributed by atoms with E-state index in [0.717, 1.165) is 12.0 Å². The molecule has 1 spiro atoms. The number of hydrogen-bond acceptors (Lipinski definition) is 3. The van der Waals surface area contributed by atoms with E-state index in [4.69, 9.17) is 0 Å². The molecule has 2 saturated carbocycles. The quantitative estimate of drug-likeness (QED) is 0.754. The van der Waals surface area contributed by atoms with Crippen LogP contribution in [0.25, 0.3) is 0 Å². The van der Waals surface area contributed by atoms with Crippen LogP contribution in [-0.4, -0.2) is 47.6 Å². The maximum Gasteiger partial charge on any atom is 0.0334 e. The molecule has 3 rings (SSSR count). The Labute approximate surface area is 123 Å². The van der Waals surface area contributed by atoms with Crippen LogP contribution in [0.1, 0.15) is 51.9 Å². The van der Waals surface area contributed by atoms with Crippen LogP contribution in [0.2, 0.25) is 0 Å². The van der Waals surface area contributed by atoms with Gasteiger partial charge in [0.1, 0.15) is 0 Å². The second-order valence-electron chi connectivity index (χ2n) is 6.75. The van der Waals surface area contributed by atoms with E-state index in [1.165, 1.54) is 76.1 Å². The van der Waals surface area contributed by atoms with Crippen molar-refractivity contribution < 1.29 is 0 Å². The van der Waals surface area contributed by atoms with Crippen molar-refractivity contribution in [1.82, 2.24) is 10.2 Å². The minimum absolute atomic E-state index is 0.544. The Kier molecular flexibility index (Phi) is 4.76. The van der Waals surface area contributed by atoms with E-state index in [9.17, 15) is 0 Å². The Bertz CT molecular complexity index is 284. The summed E-state index contributed by atoms with van der Waals surface area (Å²) in [6.45, 7) is 6.23. The van der Waals surface area contributed by atoms with Crippen molar-refractivity contribution in [2.75, 3.05) is 31.1 Å². The summed E-state index contributed by atoms with van der Waals surface area (Å²) in [5.41, 5.74) is 0.544. The standard InChI is InChI=1S/C16H30N2S/c1-2-19-11-5-10-18-12-15(14-6-7-14)17-13-16(18)8-3-4-9-16/h14-15,17H,2-13H2,1H3. The lowest BCUT2D eigenvalue weighted by molar-refractivity contribution is 0.0387. The summed E-state index contributed by atoms with van der Waals surface area (Å²) >= 11 is 2.10. The Morgan fingerprint density at radius 2 is 2.05 bits per heavy atom. The summed E-state index contributed by atoms with van der Waals surface area (Å²) in [6, 6.07) is 0.810. The van der Waals surface area contributed by atoms with Crippen LogP contribution in [0.4, 0.5) is 0 Å². The molecule has 0 aromatic heterocycles. The van der Waals surface area contributed by atoms with Gasteiger partial charge in [0.05, 0.1) is 0 Å². The average molecular weight is 282 g/mol. The first-order valence-electron chi connectivity index (χ1n) is 8.40. The van der Waals surface area contributed by atoms with Crippen molar-refractivity contribution in [3.63, 3.8) is 0 Å². The van der Waals surface area contributed by atoms with Gasteiger partial charge in [-0.15, -0.1) is 0 Å². The highest BCUT2D eigenvalue weighted by Gasteiger charge is 2.45. The highest BCUT2D eigenvalue weighted by atomic mass is 32.2. The fourth-order valence-electron chi connectivity index (χ4n) is 4.10. The average Bonchev–Trinajstić information content (AvgIpc) is 3.17. The molecule has 2 nitrogen and oxygen atoms in total. The molecule has 1 unspecified atom stereocenters. The molecule has 0 aromatic rings. The molecular weight excluding hydrogens is 252 g/mol. The molecule has 3 aliphatic rings. The fourth-order valence-corrected chi connectivity index (χ4v) is 4.72. The van der Waals surface area contributed by atoms with Crippen LogP contribution in [0, 0.1) is 5.92 Å². The van der Waals surface area contributed by atoms with E-state index >= 15 is 0 Å². The summed E-state index contributed by atoms with van der Waals surface area (Å²) in [6.07, 6.45) is 10.1. The Balaban J connectivity index is 1.56. The molecule has 0 radical (unpaired) electrons. The number of nitrogens with one attached hydrogen (secondary N) is 1. The summed E-state index contributed by atoms with van der Waals surface area (Å²) in [4.78, 5) is 2.90. The van der Waals surface area contributed by atoms with Gasteiger partial charge in [0.15, 0.2) is 0 Å². The van der Waals surface area contributed by atoms with Gasteiger partial charge in [0, 0.05) is 24.7 Å². The van der Waals surface area contributed by atoms with Gasteiger partial charge in [0.25, 0.3) is 0 Å². The molecule has 3 fully saturated rings. The summed E-state index contributed by atoms with van der Waals surface area (Å²) < 4.78 is 0. The van der Waals surface area contributed by atoms with Gasteiger partial charge in [-0.2, -0.15) is 11.8 Å². The fraction of sp³-hybridized carbons (Fsp3) is 1.00. The zero-order chi connectivity index (χ0) is 13.1. The van der Waals surface area contributed by atoms with Gasteiger partial charge < -0.3 is 5.32 Å². The van der Waals surface area contributed by atoms with Gasteiger partial charge in [0.2, 0.25) is 0 Å². The molecule has 110 valence electrons.